The van der Waals surface area contributed by atoms with Crippen LogP contribution in [0.15, 0.2) is 4.42 Å². The maximum Gasteiger partial charge on any atom is 0.415 e. The fourth-order valence-electron chi connectivity index (χ4n) is 1.43. The molecule has 0 radical (unpaired) electrons. The van der Waals surface area contributed by atoms with Gasteiger partial charge in [-0.15, -0.1) is 10.2 Å². The number of hydrogen-bond donors (Lipinski definition) is 1. The standard InChI is InChI=1S/C10H16F3N3O2/c1-7-14-15-9(18-7)4-3-5-16(2)6-8(17)10(11,12)13/h8,17H,3-6H2,1-2H3. The van der Waals surface area contributed by atoms with E-state index in [2.05, 4.69) is 10.2 Å². The number of aromatic nitrogens is 2. The first-order chi connectivity index (χ1) is 8.29. The molecule has 1 unspecified atom stereocenters. The summed E-state index contributed by atoms with van der Waals surface area (Å²) in [5.41, 5.74) is 0. The van der Waals surface area contributed by atoms with Crippen molar-refractivity contribution in [2.45, 2.75) is 32.0 Å². The molecule has 5 nitrogen and oxygen atoms in total. The van der Waals surface area contributed by atoms with Crippen LogP contribution in [0.2, 0.25) is 0 Å². The zero-order chi connectivity index (χ0) is 13.8. The second-order valence-corrected chi connectivity index (χ2v) is 4.14. The van der Waals surface area contributed by atoms with Gasteiger partial charge in [0.2, 0.25) is 11.8 Å². The van der Waals surface area contributed by atoms with Gasteiger partial charge in [0.15, 0.2) is 6.10 Å². The summed E-state index contributed by atoms with van der Waals surface area (Å²) in [7, 11) is 1.52. The molecule has 0 spiro atoms. The Morgan fingerprint density at radius 2 is 2.06 bits per heavy atom. The van der Waals surface area contributed by atoms with Crippen molar-refractivity contribution in [3.05, 3.63) is 11.8 Å². The molecule has 0 aromatic carbocycles. The Morgan fingerprint density at radius 1 is 1.39 bits per heavy atom. The molecule has 1 N–H and O–H groups in total. The first-order valence-electron chi connectivity index (χ1n) is 5.51. The average molecular weight is 267 g/mol. The molecule has 0 amide bonds. The van der Waals surface area contributed by atoms with E-state index in [9.17, 15) is 13.2 Å². The van der Waals surface area contributed by atoms with Gasteiger partial charge in [-0.2, -0.15) is 13.2 Å². The minimum absolute atomic E-state index is 0.411. The Labute approximate surface area is 103 Å². The Hall–Kier alpha value is -1.15. The maximum atomic E-state index is 12.1. The summed E-state index contributed by atoms with van der Waals surface area (Å²) in [6.07, 6.45) is -5.79. The summed E-state index contributed by atoms with van der Waals surface area (Å²) >= 11 is 0. The number of hydrogen-bond acceptors (Lipinski definition) is 5. The quantitative estimate of drug-likeness (QED) is 0.838. The largest absolute Gasteiger partial charge is 0.426 e. The number of likely N-dealkylation sites (N-methyl/N-ethyl adjacent to an activating group) is 1. The SMILES string of the molecule is Cc1nnc(CCCN(C)CC(O)C(F)(F)F)o1. The number of aliphatic hydroxyl groups is 1. The van der Waals surface area contributed by atoms with E-state index in [1.54, 1.807) is 6.92 Å². The highest BCUT2D eigenvalue weighted by Gasteiger charge is 2.38. The van der Waals surface area contributed by atoms with Gasteiger partial charge in [0.1, 0.15) is 0 Å². The topological polar surface area (TPSA) is 62.4 Å². The van der Waals surface area contributed by atoms with Crippen molar-refractivity contribution in [1.82, 2.24) is 15.1 Å². The molecule has 1 rings (SSSR count). The minimum atomic E-state index is -4.57. The van der Waals surface area contributed by atoms with Gasteiger partial charge >= 0.3 is 6.18 Å². The molecule has 1 heterocycles. The maximum absolute atomic E-state index is 12.1. The van der Waals surface area contributed by atoms with Crippen LogP contribution in [0.3, 0.4) is 0 Å². The molecule has 0 aliphatic carbocycles. The summed E-state index contributed by atoms with van der Waals surface area (Å²) in [5.74, 6) is 0.933. The predicted octanol–water partition coefficient (Wildman–Crippen LogP) is 1.17. The first kappa shape index (κ1) is 14.9. The average Bonchev–Trinajstić information content (AvgIpc) is 2.62. The lowest BCUT2D eigenvalue weighted by Crippen LogP contribution is -2.39. The molecule has 8 heteroatoms. The molecule has 0 saturated carbocycles. The zero-order valence-corrected chi connectivity index (χ0v) is 10.2. The van der Waals surface area contributed by atoms with E-state index >= 15 is 0 Å². The van der Waals surface area contributed by atoms with Crippen LogP contribution in [-0.2, 0) is 6.42 Å². The van der Waals surface area contributed by atoms with Gasteiger partial charge in [0.25, 0.3) is 0 Å². The summed E-state index contributed by atoms with van der Waals surface area (Å²) in [4.78, 5) is 1.42. The Morgan fingerprint density at radius 3 is 2.56 bits per heavy atom. The van der Waals surface area contributed by atoms with Gasteiger partial charge in [-0.25, -0.2) is 0 Å². The van der Waals surface area contributed by atoms with Crippen LogP contribution in [0.4, 0.5) is 13.2 Å². The molecule has 0 aliphatic heterocycles. The normalized spacial score (nSPS) is 14.2. The Kier molecular flexibility index (Phi) is 5.09. The highest BCUT2D eigenvalue weighted by atomic mass is 19.4. The van der Waals surface area contributed by atoms with Gasteiger partial charge in [-0.05, 0) is 20.0 Å². The molecule has 1 atom stereocenters. The molecule has 0 bridgehead atoms. The van der Waals surface area contributed by atoms with Crippen LogP contribution < -0.4 is 0 Å². The monoisotopic (exact) mass is 267 g/mol. The second kappa shape index (κ2) is 6.14. The van der Waals surface area contributed by atoms with Gasteiger partial charge in [0.05, 0.1) is 0 Å². The number of halogens is 3. The van der Waals surface area contributed by atoms with Crippen molar-refractivity contribution in [3.8, 4) is 0 Å². The second-order valence-electron chi connectivity index (χ2n) is 4.14. The Balaban J connectivity index is 2.23. The van der Waals surface area contributed by atoms with E-state index in [0.29, 0.717) is 31.2 Å². The molecule has 104 valence electrons. The molecule has 1 aromatic heterocycles. The summed E-state index contributed by atoms with van der Waals surface area (Å²) in [6, 6.07) is 0. The van der Waals surface area contributed by atoms with Gasteiger partial charge in [-0.1, -0.05) is 0 Å². The fraction of sp³-hybridized carbons (Fsp3) is 0.800. The lowest BCUT2D eigenvalue weighted by molar-refractivity contribution is -0.207. The molecular weight excluding hydrogens is 251 g/mol. The third kappa shape index (κ3) is 5.01. The van der Waals surface area contributed by atoms with Crippen LogP contribution in [0.5, 0.6) is 0 Å². The van der Waals surface area contributed by atoms with E-state index in [4.69, 9.17) is 9.52 Å². The number of aliphatic hydroxyl groups excluding tert-OH is 1. The fourth-order valence-corrected chi connectivity index (χ4v) is 1.43. The van der Waals surface area contributed by atoms with Crippen molar-refractivity contribution in [2.24, 2.45) is 0 Å². The summed E-state index contributed by atoms with van der Waals surface area (Å²) < 4.78 is 41.4. The van der Waals surface area contributed by atoms with Crippen molar-refractivity contribution < 1.29 is 22.7 Å². The number of aryl methyl sites for hydroxylation is 2. The van der Waals surface area contributed by atoms with Crippen LogP contribution in [-0.4, -0.2) is 52.6 Å². The van der Waals surface area contributed by atoms with E-state index in [1.807, 2.05) is 0 Å². The van der Waals surface area contributed by atoms with E-state index in [1.165, 1.54) is 11.9 Å². The molecule has 0 fully saturated rings. The number of rotatable bonds is 6. The van der Waals surface area contributed by atoms with Crippen molar-refractivity contribution in [1.29, 1.82) is 0 Å². The molecule has 1 aromatic rings. The summed E-state index contributed by atoms with van der Waals surface area (Å²) in [5, 5.41) is 16.3. The number of alkyl halides is 3. The highest BCUT2D eigenvalue weighted by molar-refractivity contribution is 4.79. The van der Waals surface area contributed by atoms with E-state index in [0.717, 1.165) is 0 Å². The van der Waals surface area contributed by atoms with Crippen LogP contribution in [0.25, 0.3) is 0 Å². The van der Waals surface area contributed by atoms with Gasteiger partial charge < -0.3 is 14.4 Å². The third-order valence-corrected chi connectivity index (χ3v) is 2.36. The van der Waals surface area contributed by atoms with E-state index < -0.39 is 18.8 Å². The Bertz CT molecular complexity index is 367. The van der Waals surface area contributed by atoms with Crippen LogP contribution >= 0.6 is 0 Å². The lowest BCUT2D eigenvalue weighted by Gasteiger charge is -2.21. The van der Waals surface area contributed by atoms with Gasteiger partial charge in [-0.3, -0.25) is 0 Å². The predicted molar refractivity (Wildman–Crippen MR) is 56.9 cm³/mol. The molecule has 0 aliphatic rings. The van der Waals surface area contributed by atoms with Crippen LogP contribution in [0, 0.1) is 6.92 Å². The van der Waals surface area contributed by atoms with Crippen molar-refractivity contribution in [3.63, 3.8) is 0 Å². The van der Waals surface area contributed by atoms with Crippen LogP contribution in [0.1, 0.15) is 18.2 Å². The van der Waals surface area contributed by atoms with Crippen molar-refractivity contribution >= 4 is 0 Å². The van der Waals surface area contributed by atoms with Crippen molar-refractivity contribution in [2.75, 3.05) is 20.1 Å². The number of nitrogens with zero attached hydrogens (tertiary/aromatic N) is 3. The first-order valence-corrected chi connectivity index (χ1v) is 5.51. The minimum Gasteiger partial charge on any atom is -0.426 e. The summed E-state index contributed by atoms with van der Waals surface area (Å²) in [6.45, 7) is 1.64. The lowest BCUT2D eigenvalue weighted by atomic mass is 10.2. The molecule has 18 heavy (non-hydrogen) atoms. The third-order valence-electron chi connectivity index (χ3n) is 2.36. The smallest absolute Gasteiger partial charge is 0.415 e. The molecule has 0 saturated heterocycles. The van der Waals surface area contributed by atoms with E-state index in [-0.39, 0.29) is 0 Å². The zero-order valence-electron chi connectivity index (χ0n) is 10.2. The molecular formula is C10H16F3N3O2. The van der Waals surface area contributed by atoms with Gasteiger partial charge in [0, 0.05) is 19.9 Å². The highest BCUT2D eigenvalue weighted by Crippen LogP contribution is 2.20.